The van der Waals surface area contributed by atoms with Crippen molar-refractivity contribution in [3.8, 4) is 0 Å². The van der Waals surface area contributed by atoms with Crippen LogP contribution in [-0.2, 0) is 4.74 Å². The van der Waals surface area contributed by atoms with Gasteiger partial charge in [-0.1, -0.05) is 0 Å². The normalized spacial score (nSPS) is 19.5. The molecule has 0 radical (unpaired) electrons. The van der Waals surface area contributed by atoms with Gasteiger partial charge in [0.15, 0.2) is 0 Å². The van der Waals surface area contributed by atoms with E-state index in [1.54, 1.807) is 19.3 Å². The molecule has 1 saturated heterocycles. The van der Waals surface area contributed by atoms with Crippen molar-refractivity contribution in [1.82, 2.24) is 15.1 Å². The number of halogens is 1. The van der Waals surface area contributed by atoms with E-state index in [1.807, 2.05) is 4.68 Å². The van der Waals surface area contributed by atoms with E-state index in [4.69, 9.17) is 4.74 Å². The number of nitrogens with zero attached hydrogens (tertiary/aromatic N) is 2. The molecule has 6 heteroatoms. The molecule has 0 aromatic carbocycles. The highest BCUT2D eigenvalue weighted by atomic mass is 35.5. The van der Waals surface area contributed by atoms with Gasteiger partial charge in [0.25, 0.3) is 0 Å². The molecule has 1 unspecified atom stereocenters. The number of carbonyl (C=O) groups excluding carboxylic acids is 1. The average Bonchev–Trinajstić information content (AvgIpc) is 2.80. The molecule has 0 aliphatic carbocycles. The Labute approximate surface area is 107 Å². The maximum Gasteiger partial charge on any atom is 0.341 e. The van der Waals surface area contributed by atoms with E-state index in [0.29, 0.717) is 18.2 Å². The van der Waals surface area contributed by atoms with Crippen LogP contribution in [-0.4, -0.2) is 35.4 Å². The molecule has 1 N–H and O–H groups in total. The van der Waals surface area contributed by atoms with E-state index in [1.165, 1.54) is 0 Å². The van der Waals surface area contributed by atoms with Crippen molar-refractivity contribution in [3.05, 3.63) is 18.0 Å². The fraction of sp³-hybridized carbons (Fsp3) is 0.636. The number of carbonyl (C=O) groups is 1. The Morgan fingerprint density at radius 1 is 1.71 bits per heavy atom. The van der Waals surface area contributed by atoms with Crippen LogP contribution in [0.3, 0.4) is 0 Å². The van der Waals surface area contributed by atoms with Gasteiger partial charge in [-0.2, -0.15) is 5.10 Å². The Morgan fingerprint density at radius 2 is 2.53 bits per heavy atom. The van der Waals surface area contributed by atoms with Gasteiger partial charge >= 0.3 is 5.97 Å². The topological polar surface area (TPSA) is 56.1 Å². The van der Waals surface area contributed by atoms with Crippen molar-refractivity contribution in [2.45, 2.75) is 25.8 Å². The minimum Gasteiger partial charge on any atom is -0.462 e. The summed E-state index contributed by atoms with van der Waals surface area (Å²) in [6.07, 6.45) is 5.61. The predicted molar refractivity (Wildman–Crippen MR) is 66.6 cm³/mol. The van der Waals surface area contributed by atoms with E-state index in [9.17, 15) is 4.79 Å². The summed E-state index contributed by atoms with van der Waals surface area (Å²) in [7, 11) is 0. The van der Waals surface area contributed by atoms with Crippen molar-refractivity contribution < 1.29 is 9.53 Å². The summed E-state index contributed by atoms with van der Waals surface area (Å²) >= 11 is 0. The van der Waals surface area contributed by atoms with Crippen molar-refractivity contribution in [2.24, 2.45) is 0 Å². The number of esters is 1. The average molecular weight is 260 g/mol. The largest absolute Gasteiger partial charge is 0.462 e. The summed E-state index contributed by atoms with van der Waals surface area (Å²) in [6, 6.07) is 0.358. The maximum absolute atomic E-state index is 11.4. The zero-order chi connectivity index (χ0) is 11.4. The molecule has 1 aliphatic rings. The highest BCUT2D eigenvalue weighted by molar-refractivity contribution is 5.88. The van der Waals surface area contributed by atoms with Crippen LogP contribution >= 0.6 is 12.4 Å². The first-order valence-electron chi connectivity index (χ1n) is 5.73. The number of aromatic nitrogens is 2. The van der Waals surface area contributed by atoms with E-state index < -0.39 is 0 Å². The molecular weight excluding hydrogens is 242 g/mol. The van der Waals surface area contributed by atoms with E-state index >= 15 is 0 Å². The SMILES string of the molecule is CCOC(=O)c1cnn(C2CCCNC2)c1.Cl. The molecule has 0 amide bonds. The molecule has 1 aromatic heterocycles. The summed E-state index contributed by atoms with van der Waals surface area (Å²) in [6.45, 7) is 4.19. The lowest BCUT2D eigenvalue weighted by molar-refractivity contribution is 0.0526. The molecule has 1 fully saturated rings. The lowest BCUT2D eigenvalue weighted by atomic mass is 10.1. The Balaban J connectivity index is 0.00000144. The van der Waals surface area contributed by atoms with Crippen LogP contribution in [0.5, 0.6) is 0 Å². The third kappa shape index (κ3) is 3.44. The van der Waals surface area contributed by atoms with Gasteiger partial charge in [-0.05, 0) is 26.3 Å². The van der Waals surface area contributed by atoms with Gasteiger partial charge in [-0.25, -0.2) is 4.79 Å². The summed E-state index contributed by atoms with van der Waals surface area (Å²) in [5.41, 5.74) is 0.535. The predicted octanol–water partition coefficient (Wildman–Crippen LogP) is 1.41. The van der Waals surface area contributed by atoms with Crippen LogP contribution < -0.4 is 5.32 Å². The van der Waals surface area contributed by atoms with Crippen LogP contribution in [0, 0.1) is 0 Å². The van der Waals surface area contributed by atoms with Crippen molar-refractivity contribution >= 4 is 18.4 Å². The van der Waals surface area contributed by atoms with Crippen LogP contribution in [0.25, 0.3) is 0 Å². The Kier molecular flexibility index (Phi) is 5.44. The molecule has 0 saturated carbocycles. The van der Waals surface area contributed by atoms with Gasteiger partial charge in [0.2, 0.25) is 0 Å². The molecule has 0 spiro atoms. The van der Waals surface area contributed by atoms with Gasteiger partial charge in [0.05, 0.1) is 24.4 Å². The van der Waals surface area contributed by atoms with Crippen molar-refractivity contribution in [1.29, 1.82) is 0 Å². The first-order chi connectivity index (χ1) is 7.81. The lowest BCUT2D eigenvalue weighted by Gasteiger charge is -2.22. The zero-order valence-electron chi connectivity index (χ0n) is 9.89. The van der Waals surface area contributed by atoms with Gasteiger partial charge in [0, 0.05) is 12.7 Å². The monoisotopic (exact) mass is 259 g/mol. The molecule has 2 heterocycles. The molecule has 2 rings (SSSR count). The maximum atomic E-state index is 11.4. The lowest BCUT2D eigenvalue weighted by Crippen LogP contribution is -2.31. The van der Waals surface area contributed by atoms with Gasteiger partial charge in [-0.15, -0.1) is 12.4 Å². The number of rotatable bonds is 3. The van der Waals surface area contributed by atoms with E-state index in [0.717, 1.165) is 25.9 Å². The molecule has 5 nitrogen and oxygen atoms in total. The second-order valence-electron chi connectivity index (χ2n) is 3.93. The smallest absolute Gasteiger partial charge is 0.341 e. The van der Waals surface area contributed by atoms with Crippen LogP contribution in [0.4, 0.5) is 0 Å². The van der Waals surface area contributed by atoms with Gasteiger partial charge in [-0.3, -0.25) is 4.68 Å². The van der Waals surface area contributed by atoms with Gasteiger partial charge in [0.1, 0.15) is 0 Å². The Morgan fingerprint density at radius 3 is 3.18 bits per heavy atom. The summed E-state index contributed by atoms with van der Waals surface area (Å²) in [5, 5.41) is 7.54. The minimum atomic E-state index is -0.294. The number of nitrogens with one attached hydrogen (secondary N) is 1. The fourth-order valence-electron chi connectivity index (χ4n) is 1.92. The molecule has 0 bridgehead atoms. The quantitative estimate of drug-likeness (QED) is 0.834. The van der Waals surface area contributed by atoms with Gasteiger partial charge < -0.3 is 10.1 Å². The summed E-state index contributed by atoms with van der Waals surface area (Å²) < 4.78 is 6.78. The minimum absolute atomic E-state index is 0. The highest BCUT2D eigenvalue weighted by Gasteiger charge is 2.17. The van der Waals surface area contributed by atoms with Crippen molar-refractivity contribution in [2.75, 3.05) is 19.7 Å². The first-order valence-corrected chi connectivity index (χ1v) is 5.73. The Bertz CT molecular complexity index is 361. The van der Waals surface area contributed by atoms with Crippen LogP contribution in [0.1, 0.15) is 36.2 Å². The molecule has 1 aromatic rings. The van der Waals surface area contributed by atoms with Crippen molar-refractivity contribution in [3.63, 3.8) is 0 Å². The number of ether oxygens (including phenoxy) is 1. The number of piperidine rings is 1. The van der Waals surface area contributed by atoms with Crippen LogP contribution in [0.2, 0.25) is 0 Å². The van der Waals surface area contributed by atoms with E-state index in [2.05, 4.69) is 10.4 Å². The van der Waals surface area contributed by atoms with Crippen LogP contribution in [0.15, 0.2) is 12.4 Å². The second kappa shape index (κ2) is 6.61. The molecule has 17 heavy (non-hydrogen) atoms. The summed E-state index contributed by atoms with van der Waals surface area (Å²) in [5.74, 6) is -0.294. The Hall–Kier alpha value is -1.07. The zero-order valence-corrected chi connectivity index (χ0v) is 10.7. The molecule has 96 valence electrons. The molecule has 1 aliphatic heterocycles. The fourth-order valence-corrected chi connectivity index (χ4v) is 1.92. The second-order valence-corrected chi connectivity index (χ2v) is 3.93. The third-order valence-corrected chi connectivity index (χ3v) is 2.76. The first kappa shape index (κ1) is 14.0. The third-order valence-electron chi connectivity index (χ3n) is 2.76. The standard InChI is InChI=1S/C11H17N3O2.ClH/c1-2-16-11(15)9-6-13-14(8-9)10-4-3-5-12-7-10;/h6,8,10,12H,2-5,7H2,1H3;1H. The number of hydrogen-bond acceptors (Lipinski definition) is 4. The van der Waals surface area contributed by atoms with E-state index in [-0.39, 0.29) is 18.4 Å². The number of hydrogen-bond donors (Lipinski definition) is 1. The summed E-state index contributed by atoms with van der Waals surface area (Å²) in [4.78, 5) is 11.4. The highest BCUT2D eigenvalue weighted by Crippen LogP contribution is 2.16. The molecule has 1 atom stereocenters. The molecular formula is C11H18ClN3O2.